The molecule has 4 aliphatic carbocycles. The van der Waals surface area contributed by atoms with Crippen LogP contribution in [0, 0.1) is 17.3 Å². The van der Waals surface area contributed by atoms with Crippen LogP contribution >= 0.6 is 15.9 Å². The highest BCUT2D eigenvalue weighted by Gasteiger charge is 2.60. The lowest BCUT2D eigenvalue weighted by Gasteiger charge is -2.61. The molecule has 2 amide bonds. The summed E-state index contributed by atoms with van der Waals surface area (Å²) in [7, 11) is 3.23. The van der Waals surface area contributed by atoms with E-state index in [0.717, 1.165) is 42.1 Å². The van der Waals surface area contributed by atoms with Crippen molar-refractivity contribution in [1.29, 1.82) is 0 Å². The van der Waals surface area contributed by atoms with Gasteiger partial charge in [-0.3, -0.25) is 9.59 Å². The SMILES string of the molecule is COc1cc(Br)c(CCNC(=O)C23CC4CC(CC(NC(C)=O)(C4)C2)C3)cc1OC. The fraction of sp³-hybridized carbons (Fsp3) is 0.652. The van der Waals surface area contributed by atoms with Crippen LogP contribution in [0.15, 0.2) is 16.6 Å². The third-order valence-corrected chi connectivity index (χ3v) is 7.95. The average molecular weight is 479 g/mol. The zero-order valence-electron chi connectivity index (χ0n) is 18.0. The molecule has 4 aliphatic rings. The van der Waals surface area contributed by atoms with E-state index in [9.17, 15) is 9.59 Å². The molecule has 4 saturated carbocycles. The predicted molar refractivity (Wildman–Crippen MR) is 118 cm³/mol. The zero-order chi connectivity index (χ0) is 21.5. The van der Waals surface area contributed by atoms with Gasteiger partial charge in [-0.15, -0.1) is 0 Å². The summed E-state index contributed by atoms with van der Waals surface area (Å²) in [5, 5.41) is 6.44. The van der Waals surface area contributed by atoms with Crippen molar-refractivity contribution in [2.24, 2.45) is 17.3 Å². The molecule has 0 radical (unpaired) electrons. The van der Waals surface area contributed by atoms with Gasteiger partial charge in [-0.2, -0.15) is 0 Å². The van der Waals surface area contributed by atoms with Crippen molar-refractivity contribution >= 4 is 27.7 Å². The van der Waals surface area contributed by atoms with Crippen molar-refractivity contribution in [3.05, 3.63) is 22.2 Å². The molecular formula is C23H31BrN2O4. The van der Waals surface area contributed by atoms with Gasteiger partial charge in [0.15, 0.2) is 11.5 Å². The summed E-state index contributed by atoms with van der Waals surface area (Å²) in [4.78, 5) is 25.2. The van der Waals surface area contributed by atoms with Gasteiger partial charge in [-0.05, 0) is 74.5 Å². The second kappa shape index (κ2) is 8.06. The van der Waals surface area contributed by atoms with E-state index in [4.69, 9.17) is 9.47 Å². The summed E-state index contributed by atoms with van der Waals surface area (Å²) in [5.74, 6) is 2.62. The summed E-state index contributed by atoms with van der Waals surface area (Å²) < 4.78 is 11.7. The maximum atomic E-state index is 13.3. The van der Waals surface area contributed by atoms with Crippen LogP contribution in [0.2, 0.25) is 0 Å². The molecule has 4 fully saturated rings. The highest BCUT2D eigenvalue weighted by molar-refractivity contribution is 9.10. The molecule has 2 unspecified atom stereocenters. The summed E-state index contributed by atoms with van der Waals surface area (Å²) in [6.45, 7) is 2.16. The Morgan fingerprint density at radius 3 is 2.33 bits per heavy atom. The lowest BCUT2D eigenvalue weighted by molar-refractivity contribution is -0.153. The third-order valence-electron chi connectivity index (χ3n) is 7.22. The minimum Gasteiger partial charge on any atom is -0.493 e. The number of carbonyl (C=O) groups excluding carboxylic acids is 2. The topological polar surface area (TPSA) is 76.7 Å². The highest BCUT2D eigenvalue weighted by Crippen LogP contribution is 2.61. The molecule has 7 heteroatoms. The van der Waals surface area contributed by atoms with Crippen LogP contribution in [0.25, 0.3) is 0 Å². The molecule has 5 rings (SSSR count). The molecule has 0 saturated heterocycles. The smallest absolute Gasteiger partial charge is 0.226 e. The number of nitrogens with one attached hydrogen (secondary N) is 2. The molecule has 30 heavy (non-hydrogen) atoms. The van der Waals surface area contributed by atoms with Crippen LogP contribution in [0.4, 0.5) is 0 Å². The minimum absolute atomic E-state index is 0.0193. The van der Waals surface area contributed by atoms with Crippen LogP contribution in [-0.2, 0) is 16.0 Å². The van der Waals surface area contributed by atoms with Gasteiger partial charge in [-0.1, -0.05) is 15.9 Å². The van der Waals surface area contributed by atoms with Crippen LogP contribution in [-0.4, -0.2) is 38.1 Å². The molecule has 6 nitrogen and oxygen atoms in total. The molecule has 0 aliphatic heterocycles. The molecule has 164 valence electrons. The van der Waals surface area contributed by atoms with Gasteiger partial charge in [0.1, 0.15) is 0 Å². The molecule has 1 aromatic rings. The second-order valence-electron chi connectivity index (χ2n) is 9.51. The number of benzene rings is 1. The number of ether oxygens (including phenoxy) is 2. The van der Waals surface area contributed by atoms with Gasteiger partial charge in [0.2, 0.25) is 11.8 Å². The summed E-state index contributed by atoms with van der Waals surface area (Å²) in [6.07, 6.45) is 6.64. The van der Waals surface area contributed by atoms with Crippen LogP contribution in [0.1, 0.15) is 51.0 Å². The van der Waals surface area contributed by atoms with Gasteiger partial charge in [0.25, 0.3) is 0 Å². The lowest BCUT2D eigenvalue weighted by atomic mass is 9.46. The Labute approximate surface area is 186 Å². The Morgan fingerprint density at radius 1 is 1.10 bits per heavy atom. The maximum Gasteiger partial charge on any atom is 0.226 e. The first-order chi connectivity index (χ1) is 14.3. The van der Waals surface area contributed by atoms with Gasteiger partial charge in [0.05, 0.1) is 19.6 Å². The molecule has 0 heterocycles. The van der Waals surface area contributed by atoms with Crippen molar-refractivity contribution in [2.75, 3.05) is 20.8 Å². The van der Waals surface area contributed by atoms with E-state index in [0.29, 0.717) is 36.3 Å². The molecule has 0 aromatic heterocycles. The number of halogens is 1. The minimum atomic E-state index is -0.332. The summed E-state index contributed by atoms with van der Waals surface area (Å²) >= 11 is 3.59. The molecule has 2 atom stereocenters. The molecule has 0 spiro atoms. The van der Waals surface area contributed by atoms with E-state index in [2.05, 4.69) is 26.6 Å². The fourth-order valence-electron chi connectivity index (χ4n) is 6.63. The molecule has 1 aromatic carbocycles. The first-order valence-electron chi connectivity index (χ1n) is 10.8. The number of methoxy groups -OCH3 is 2. The Balaban J connectivity index is 1.43. The molecular weight excluding hydrogens is 448 g/mol. The lowest BCUT2D eigenvalue weighted by Crippen LogP contribution is -2.65. The summed E-state index contributed by atoms with van der Waals surface area (Å²) in [5.41, 5.74) is 0.550. The highest BCUT2D eigenvalue weighted by atomic mass is 79.9. The van der Waals surface area contributed by atoms with Gasteiger partial charge in [0, 0.05) is 23.5 Å². The van der Waals surface area contributed by atoms with Gasteiger partial charge in [-0.25, -0.2) is 0 Å². The van der Waals surface area contributed by atoms with Gasteiger partial charge >= 0.3 is 0 Å². The van der Waals surface area contributed by atoms with Crippen LogP contribution in [0.5, 0.6) is 11.5 Å². The van der Waals surface area contributed by atoms with Crippen molar-refractivity contribution in [1.82, 2.24) is 10.6 Å². The molecule has 4 bridgehead atoms. The molecule has 2 N–H and O–H groups in total. The summed E-state index contributed by atoms with van der Waals surface area (Å²) in [6, 6.07) is 3.85. The van der Waals surface area contributed by atoms with E-state index < -0.39 is 0 Å². The number of hydrogen-bond donors (Lipinski definition) is 2. The largest absolute Gasteiger partial charge is 0.493 e. The maximum absolute atomic E-state index is 13.3. The predicted octanol–water partition coefficient (Wildman–Crippen LogP) is 3.60. The second-order valence-corrected chi connectivity index (χ2v) is 10.4. The zero-order valence-corrected chi connectivity index (χ0v) is 19.6. The number of carbonyl (C=O) groups is 2. The number of amides is 2. The Hall–Kier alpha value is -1.76. The quantitative estimate of drug-likeness (QED) is 0.627. The number of hydrogen-bond acceptors (Lipinski definition) is 4. The van der Waals surface area contributed by atoms with E-state index in [1.54, 1.807) is 21.1 Å². The normalized spacial score (nSPS) is 31.3. The Kier molecular flexibility index (Phi) is 5.77. The van der Waals surface area contributed by atoms with Crippen molar-refractivity contribution in [2.45, 2.75) is 57.4 Å². The van der Waals surface area contributed by atoms with Crippen LogP contribution in [0.3, 0.4) is 0 Å². The first kappa shape index (κ1) is 21.5. The van der Waals surface area contributed by atoms with Gasteiger partial charge < -0.3 is 20.1 Å². The van der Waals surface area contributed by atoms with Crippen molar-refractivity contribution in [3.63, 3.8) is 0 Å². The number of rotatable bonds is 7. The standard InChI is InChI=1S/C23H31BrN2O4/c1-14(27)26-23-11-15-6-16(12-23)10-22(9-15,13-23)21(28)25-5-4-17-7-19(29-2)20(30-3)8-18(17)24/h7-8,15-16H,4-6,9-13H2,1-3H3,(H,25,28)(H,26,27). The Morgan fingerprint density at radius 2 is 1.73 bits per heavy atom. The van der Waals surface area contributed by atoms with E-state index in [1.807, 2.05) is 12.1 Å². The average Bonchev–Trinajstić information content (AvgIpc) is 2.66. The van der Waals surface area contributed by atoms with Crippen molar-refractivity contribution < 1.29 is 19.1 Å². The van der Waals surface area contributed by atoms with E-state index >= 15 is 0 Å². The Bertz CT molecular complexity index is 842. The van der Waals surface area contributed by atoms with E-state index in [1.165, 1.54) is 6.42 Å². The van der Waals surface area contributed by atoms with E-state index in [-0.39, 0.29) is 22.8 Å². The van der Waals surface area contributed by atoms with Crippen LogP contribution < -0.4 is 20.1 Å². The van der Waals surface area contributed by atoms with Crippen molar-refractivity contribution in [3.8, 4) is 11.5 Å². The first-order valence-corrected chi connectivity index (χ1v) is 11.5. The third kappa shape index (κ3) is 3.93. The fourth-order valence-corrected chi connectivity index (χ4v) is 7.15. The monoisotopic (exact) mass is 478 g/mol.